The Bertz CT molecular complexity index is 1040. The molecular weight excluding hydrogens is 384 g/mol. The summed E-state index contributed by atoms with van der Waals surface area (Å²) < 4.78 is 13.1. The second kappa shape index (κ2) is 9.25. The first kappa shape index (κ1) is 19.0. The van der Waals surface area contributed by atoms with Gasteiger partial charge in [-0.25, -0.2) is 0 Å². The van der Waals surface area contributed by atoms with Crippen molar-refractivity contribution in [3.8, 4) is 28.6 Å². The summed E-state index contributed by atoms with van der Waals surface area (Å²) >= 11 is 1.60. The fourth-order valence-corrected chi connectivity index (χ4v) is 3.59. The van der Waals surface area contributed by atoms with Crippen LogP contribution in [0.5, 0.6) is 11.5 Å². The van der Waals surface area contributed by atoms with Gasteiger partial charge in [0.05, 0.1) is 13.7 Å². The number of methoxy groups -OCH3 is 1. The zero-order chi connectivity index (χ0) is 19.9. The van der Waals surface area contributed by atoms with E-state index in [2.05, 4.69) is 15.2 Å². The molecule has 0 saturated carbocycles. The van der Waals surface area contributed by atoms with Gasteiger partial charge >= 0.3 is 0 Å². The third-order valence-corrected chi connectivity index (χ3v) is 5.12. The lowest BCUT2D eigenvalue weighted by Gasteiger charge is -2.11. The summed E-state index contributed by atoms with van der Waals surface area (Å²) in [5, 5.41) is 9.66. The molecule has 2 aromatic heterocycles. The van der Waals surface area contributed by atoms with Crippen molar-refractivity contribution in [2.24, 2.45) is 0 Å². The highest BCUT2D eigenvalue weighted by atomic mass is 32.2. The van der Waals surface area contributed by atoms with Crippen LogP contribution in [0.25, 0.3) is 17.1 Å². The van der Waals surface area contributed by atoms with Crippen LogP contribution in [0, 0.1) is 0 Å². The van der Waals surface area contributed by atoms with Crippen molar-refractivity contribution in [2.75, 3.05) is 19.5 Å². The predicted octanol–water partition coefficient (Wildman–Crippen LogP) is 4.51. The number of rotatable bonds is 8. The van der Waals surface area contributed by atoms with E-state index in [4.69, 9.17) is 9.47 Å². The van der Waals surface area contributed by atoms with Crippen molar-refractivity contribution in [1.82, 2.24) is 19.7 Å². The average molecular weight is 404 g/mol. The Morgan fingerprint density at radius 2 is 1.62 bits per heavy atom. The highest BCUT2D eigenvalue weighted by molar-refractivity contribution is 7.99. The standard InChI is InChI=1S/C22H20N4O2S/c1-27-19-9-7-18(8-10-19)26-21(17-11-13-23-14-12-17)24-25-22(26)29-16-15-28-20-5-3-2-4-6-20/h2-14H,15-16H2,1H3. The molecule has 0 bridgehead atoms. The second-order valence-electron chi connectivity index (χ2n) is 6.09. The molecule has 0 amide bonds. The summed E-state index contributed by atoms with van der Waals surface area (Å²) in [6, 6.07) is 21.5. The molecule has 4 aromatic rings. The van der Waals surface area contributed by atoms with E-state index in [1.54, 1.807) is 31.3 Å². The number of nitrogens with zero attached hydrogens (tertiary/aromatic N) is 4. The maximum Gasteiger partial charge on any atom is 0.196 e. The summed E-state index contributed by atoms with van der Waals surface area (Å²) in [6.45, 7) is 0.578. The molecular formula is C22H20N4O2S. The van der Waals surface area contributed by atoms with Gasteiger partial charge in [0.25, 0.3) is 0 Å². The molecule has 0 aliphatic carbocycles. The van der Waals surface area contributed by atoms with Crippen LogP contribution in [0.1, 0.15) is 0 Å². The third kappa shape index (κ3) is 4.57. The summed E-state index contributed by atoms with van der Waals surface area (Å²) in [4.78, 5) is 4.10. The van der Waals surface area contributed by atoms with Gasteiger partial charge in [0.1, 0.15) is 11.5 Å². The molecule has 6 nitrogen and oxygen atoms in total. The molecule has 0 fully saturated rings. The third-order valence-electron chi connectivity index (χ3n) is 4.23. The Kier molecular flexibility index (Phi) is 6.07. The predicted molar refractivity (Wildman–Crippen MR) is 114 cm³/mol. The first-order chi connectivity index (χ1) is 14.3. The number of para-hydroxylation sites is 1. The zero-order valence-corrected chi connectivity index (χ0v) is 16.7. The van der Waals surface area contributed by atoms with Crippen LogP contribution in [0.2, 0.25) is 0 Å². The normalized spacial score (nSPS) is 10.7. The van der Waals surface area contributed by atoms with Gasteiger partial charge < -0.3 is 9.47 Å². The number of ether oxygens (including phenoxy) is 2. The lowest BCUT2D eigenvalue weighted by atomic mass is 10.2. The Labute approximate surface area is 173 Å². The van der Waals surface area contributed by atoms with Gasteiger partial charge in [-0.1, -0.05) is 30.0 Å². The minimum Gasteiger partial charge on any atom is -0.497 e. The molecule has 0 N–H and O–H groups in total. The second-order valence-corrected chi connectivity index (χ2v) is 7.15. The Balaban J connectivity index is 1.57. The average Bonchev–Trinajstić information content (AvgIpc) is 3.22. The van der Waals surface area contributed by atoms with Crippen LogP contribution in [0.3, 0.4) is 0 Å². The molecule has 29 heavy (non-hydrogen) atoms. The van der Waals surface area contributed by atoms with Crippen molar-refractivity contribution in [3.05, 3.63) is 79.1 Å². The van der Waals surface area contributed by atoms with Crippen molar-refractivity contribution < 1.29 is 9.47 Å². The fourth-order valence-electron chi connectivity index (χ4n) is 2.82. The van der Waals surface area contributed by atoms with E-state index in [0.717, 1.165) is 39.5 Å². The largest absolute Gasteiger partial charge is 0.497 e. The molecule has 0 radical (unpaired) electrons. The number of hydrogen-bond acceptors (Lipinski definition) is 6. The van der Waals surface area contributed by atoms with Gasteiger partial charge in [0.2, 0.25) is 0 Å². The maximum atomic E-state index is 5.79. The lowest BCUT2D eigenvalue weighted by Crippen LogP contribution is -2.03. The SMILES string of the molecule is COc1ccc(-n2c(SCCOc3ccccc3)nnc2-c2ccncc2)cc1. The van der Waals surface area contributed by atoms with Crippen LogP contribution in [0.4, 0.5) is 0 Å². The van der Waals surface area contributed by atoms with Crippen molar-refractivity contribution in [1.29, 1.82) is 0 Å². The molecule has 0 atom stereocenters. The van der Waals surface area contributed by atoms with Crippen molar-refractivity contribution >= 4 is 11.8 Å². The van der Waals surface area contributed by atoms with E-state index in [9.17, 15) is 0 Å². The summed E-state index contributed by atoms with van der Waals surface area (Å²) in [6.07, 6.45) is 3.51. The lowest BCUT2D eigenvalue weighted by molar-refractivity contribution is 0.344. The number of thioether (sulfide) groups is 1. The van der Waals surface area contributed by atoms with Gasteiger partial charge in [-0.2, -0.15) is 0 Å². The van der Waals surface area contributed by atoms with Gasteiger partial charge in [0.15, 0.2) is 11.0 Å². The highest BCUT2D eigenvalue weighted by Gasteiger charge is 2.16. The van der Waals surface area contributed by atoms with Crippen LogP contribution in [-0.2, 0) is 0 Å². The van der Waals surface area contributed by atoms with Crippen LogP contribution < -0.4 is 9.47 Å². The van der Waals surface area contributed by atoms with Gasteiger partial charge in [0, 0.05) is 29.4 Å². The summed E-state index contributed by atoms with van der Waals surface area (Å²) in [5.74, 6) is 3.18. The van der Waals surface area contributed by atoms with E-state index in [0.29, 0.717) is 6.61 Å². The summed E-state index contributed by atoms with van der Waals surface area (Å²) in [7, 11) is 1.66. The molecule has 0 aliphatic rings. The van der Waals surface area contributed by atoms with Gasteiger partial charge in [-0.05, 0) is 48.5 Å². The van der Waals surface area contributed by atoms with Crippen LogP contribution >= 0.6 is 11.8 Å². The molecule has 0 unspecified atom stereocenters. The number of aromatic nitrogens is 4. The minimum absolute atomic E-state index is 0.578. The molecule has 4 rings (SSSR count). The molecule has 0 saturated heterocycles. The molecule has 146 valence electrons. The van der Waals surface area contributed by atoms with Gasteiger partial charge in [-0.15, -0.1) is 10.2 Å². The topological polar surface area (TPSA) is 62.1 Å². The minimum atomic E-state index is 0.578. The molecule has 7 heteroatoms. The van der Waals surface area contributed by atoms with E-state index < -0.39 is 0 Å². The van der Waals surface area contributed by atoms with E-state index in [1.165, 1.54) is 0 Å². The van der Waals surface area contributed by atoms with E-state index >= 15 is 0 Å². The van der Waals surface area contributed by atoms with Crippen molar-refractivity contribution in [3.63, 3.8) is 0 Å². The van der Waals surface area contributed by atoms with Crippen LogP contribution in [-0.4, -0.2) is 39.2 Å². The van der Waals surface area contributed by atoms with Crippen LogP contribution in [0.15, 0.2) is 84.3 Å². The fraction of sp³-hybridized carbons (Fsp3) is 0.136. The monoisotopic (exact) mass is 404 g/mol. The molecule has 2 heterocycles. The molecule has 0 spiro atoms. The van der Waals surface area contributed by atoms with Crippen molar-refractivity contribution in [2.45, 2.75) is 5.16 Å². The molecule has 2 aromatic carbocycles. The highest BCUT2D eigenvalue weighted by Crippen LogP contribution is 2.28. The zero-order valence-electron chi connectivity index (χ0n) is 15.9. The maximum absolute atomic E-state index is 5.79. The van der Waals surface area contributed by atoms with Gasteiger partial charge in [-0.3, -0.25) is 9.55 Å². The number of pyridine rings is 1. The smallest absolute Gasteiger partial charge is 0.196 e. The first-order valence-electron chi connectivity index (χ1n) is 9.16. The Morgan fingerprint density at radius 3 is 2.34 bits per heavy atom. The number of hydrogen-bond donors (Lipinski definition) is 0. The number of benzene rings is 2. The first-order valence-corrected chi connectivity index (χ1v) is 10.1. The quantitative estimate of drug-likeness (QED) is 0.318. The molecule has 0 aliphatic heterocycles. The van der Waals surface area contributed by atoms with E-state index in [1.807, 2.05) is 71.3 Å². The Hall–Kier alpha value is -3.32. The summed E-state index contributed by atoms with van der Waals surface area (Å²) in [5.41, 5.74) is 1.92. The Morgan fingerprint density at radius 1 is 0.862 bits per heavy atom. The van der Waals surface area contributed by atoms with E-state index in [-0.39, 0.29) is 0 Å².